The topological polar surface area (TPSA) is 9.23 Å². The summed E-state index contributed by atoms with van der Waals surface area (Å²) >= 11 is 30.3. The molecule has 0 saturated carbocycles. The lowest BCUT2D eigenvalue weighted by Gasteiger charge is -2.13. The smallest absolute Gasteiger partial charge is 0.159 e. The highest BCUT2D eigenvalue weighted by Crippen LogP contribution is 2.48. The molecule has 0 atom stereocenters. The molecule has 0 bridgehead atoms. The fraction of sp³-hybridized carbons (Fsp3) is 0.714. The van der Waals surface area contributed by atoms with Crippen molar-refractivity contribution in [3.63, 3.8) is 0 Å². The van der Waals surface area contributed by atoms with E-state index in [1.807, 2.05) is 0 Å². The van der Waals surface area contributed by atoms with Gasteiger partial charge in [0.05, 0.1) is 21.7 Å². The molecule has 1 aromatic rings. The van der Waals surface area contributed by atoms with Gasteiger partial charge in [-0.1, -0.05) is 142 Å². The molecule has 1 rings (SSSR count). The third kappa shape index (κ3) is 9.68. The molecule has 0 spiro atoms. The molecule has 0 aliphatic rings. The van der Waals surface area contributed by atoms with Crippen LogP contribution in [-0.4, -0.2) is 6.61 Å². The summed E-state index contributed by atoms with van der Waals surface area (Å²) in [5.41, 5.74) is 0. The van der Waals surface area contributed by atoms with Gasteiger partial charge in [-0.25, -0.2) is 0 Å². The van der Waals surface area contributed by atoms with Gasteiger partial charge in [0.1, 0.15) is 10.0 Å². The summed E-state index contributed by atoms with van der Waals surface area (Å²) in [6.07, 6.45) is 17.0. The molecule has 1 aromatic carbocycles. The number of unbranched alkanes of at least 4 members (excludes halogenated alkanes) is 12. The van der Waals surface area contributed by atoms with Crippen molar-refractivity contribution in [1.82, 2.24) is 0 Å². The molecule has 0 radical (unpaired) electrons. The number of hydrogen-bond donors (Lipinski definition) is 0. The first kappa shape index (κ1) is 25.5. The van der Waals surface area contributed by atoms with Crippen molar-refractivity contribution in [2.24, 2.45) is 0 Å². The van der Waals surface area contributed by atoms with Gasteiger partial charge in [0.15, 0.2) is 5.75 Å². The molecular weight excluding hydrogens is 445 g/mol. The molecule has 0 aliphatic heterocycles. The number of halogens is 5. The molecule has 0 unspecified atom stereocenters. The van der Waals surface area contributed by atoms with Crippen LogP contribution >= 0.6 is 58.0 Å². The lowest BCUT2D eigenvalue weighted by molar-refractivity contribution is 0.304. The molecule has 0 heterocycles. The zero-order chi connectivity index (χ0) is 20.1. The fourth-order valence-corrected chi connectivity index (χ4v) is 4.24. The van der Waals surface area contributed by atoms with Crippen molar-refractivity contribution in [3.8, 4) is 5.75 Å². The summed E-state index contributed by atoms with van der Waals surface area (Å²) in [4.78, 5) is 0. The van der Waals surface area contributed by atoms with Crippen LogP contribution in [0, 0.1) is 0 Å². The quantitative estimate of drug-likeness (QED) is 0.139. The number of hydrogen-bond acceptors (Lipinski definition) is 1. The Balaban J connectivity index is 2.06. The van der Waals surface area contributed by atoms with Crippen molar-refractivity contribution in [2.45, 2.75) is 90.4 Å². The molecule has 0 aliphatic carbocycles. The van der Waals surface area contributed by atoms with E-state index < -0.39 is 0 Å². The van der Waals surface area contributed by atoms with Crippen LogP contribution in [-0.2, 0) is 0 Å². The predicted octanol–water partition coefficient (Wildman–Crippen LogP) is 10.4. The molecule has 156 valence electrons. The van der Waals surface area contributed by atoms with E-state index in [4.69, 9.17) is 62.7 Å². The second-order valence-corrected chi connectivity index (χ2v) is 8.88. The van der Waals surface area contributed by atoms with Gasteiger partial charge < -0.3 is 4.74 Å². The summed E-state index contributed by atoms with van der Waals surface area (Å²) in [6, 6.07) is 0. The minimum Gasteiger partial charge on any atom is -0.490 e. The lowest BCUT2D eigenvalue weighted by atomic mass is 10.0. The molecule has 0 amide bonds. The highest BCUT2D eigenvalue weighted by Gasteiger charge is 2.20. The van der Waals surface area contributed by atoms with Crippen molar-refractivity contribution in [1.29, 1.82) is 0 Å². The second-order valence-electron chi connectivity index (χ2n) is 6.99. The highest BCUT2D eigenvalue weighted by atomic mass is 35.5. The second kappa shape index (κ2) is 15.3. The summed E-state index contributed by atoms with van der Waals surface area (Å²) in [6.45, 7) is 2.80. The van der Waals surface area contributed by atoms with Gasteiger partial charge >= 0.3 is 0 Å². The third-order valence-corrected chi connectivity index (χ3v) is 6.91. The van der Waals surface area contributed by atoms with E-state index >= 15 is 0 Å². The monoisotopic (exact) mass is 474 g/mol. The van der Waals surface area contributed by atoms with Gasteiger partial charge in [-0.3, -0.25) is 0 Å². The molecule has 0 fully saturated rings. The molecule has 6 heteroatoms. The molecule has 0 N–H and O–H groups in total. The van der Waals surface area contributed by atoms with Crippen LogP contribution in [0.25, 0.3) is 0 Å². The first-order valence-corrected chi connectivity index (χ1v) is 12.0. The van der Waals surface area contributed by atoms with Gasteiger partial charge in [-0.05, 0) is 6.42 Å². The van der Waals surface area contributed by atoms with Gasteiger partial charge in [0.2, 0.25) is 0 Å². The normalized spacial score (nSPS) is 11.2. The standard InChI is InChI=1S/C21H31Cl5O/c1-2-3-4-5-6-7-8-9-10-11-12-13-14-15-27-21-19(25)17(23)16(22)18(24)20(21)26/h2-15H2,1H3. The van der Waals surface area contributed by atoms with Crippen LogP contribution in [0.2, 0.25) is 25.1 Å². The van der Waals surface area contributed by atoms with Gasteiger partial charge in [-0.15, -0.1) is 0 Å². The highest BCUT2D eigenvalue weighted by molar-refractivity contribution is 6.55. The van der Waals surface area contributed by atoms with Gasteiger partial charge in [0, 0.05) is 0 Å². The van der Waals surface area contributed by atoms with Crippen molar-refractivity contribution in [3.05, 3.63) is 25.1 Å². The number of ether oxygens (including phenoxy) is 1. The summed E-state index contributed by atoms with van der Waals surface area (Å²) in [5.74, 6) is 0.316. The van der Waals surface area contributed by atoms with E-state index in [9.17, 15) is 0 Å². The Labute approximate surface area is 190 Å². The Hall–Kier alpha value is 0.470. The van der Waals surface area contributed by atoms with Crippen LogP contribution in [0.1, 0.15) is 90.4 Å². The van der Waals surface area contributed by atoms with E-state index in [0.29, 0.717) is 12.4 Å². The summed E-state index contributed by atoms with van der Waals surface area (Å²) < 4.78 is 5.69. The fourth-order valence-electron chi connectivity index (χ4n) is 3.01. The first-order valence-electron chi connectivity index (χ1n) is 10.1. The van der Waals surface area contributed by atoms with Crippen LogP contribution in [0.3, 0.4) is 0 Å². The number of benzene rings is 1. The zero-order valence-corrected chi connectivity index (χ0v) is 20.0. The molecule has 0 aromatic heterocycles. The average Bonchev–Trinajstić information content (AvgIpc) is 2.67. The van der Waals surface area contributed by atoms with Crippen LogP contribution < -0.4 is 4.74 Å². The maximum Gasteiger partial charge on any atom is 0.159 e. The van der Waals surface area contributed by atoms with Crippen molar-refractivity contribution < 1.29 is 4.74 Å². The average molecular weight is 477 g/mol. The van der Waals surface area contributed by atoms with E-state index in [1.54, 1.807) is 0 Å². The first-order chi connectivity index (χ1) is 13.0. The third-order valence-electron chi connectivity index (χ3n) is 4.66. The Kier molecular flexibility index (Phi) is 14.5. The van der Waals surface area contributed by atoms with E-state index in [-0.39, 0.29) is 25.1 Å². The minimum atomic E-state index is 0.154. The minimum absolute atomic E-state index is 0.154. The largest absolute Gasteiger partial charge is 0.490 e. The summed E-state index contributed by atoms with van der Waals surface area (Å²) in [7, 11) is 0. The Bertz CT molecular complexity index is 519. The Morgan fingerprint density at radius 3 is 1.22 bits per heavy atom. The molecular formula is C21H31Cl5O. The van der Waals surface area contributed by atoms with Crippen LogP contribution in [0.15, 0.2) is 0 Å². The molecule has 0 saturated heterocycles. The van der Waals surface area contributed by atoms with E-state index in [2.05, 4.69) is 6.92 Å². The lowest BCUT2D eigenvalue weighted by Crippen LogP contribution is -1.99. The SMILES string of the molecule is CCCCCCCCCCCCCCCOc1c(Cl)c(Cl)c(Cl)c(Cl)c1Cl. The molecule has 1 nitrogen and oxygen atoms in total. The maximum atomic E-state index is 6.15. The maximum absolute atomic E-state index is 6.15. The zero-order valence-electron chi connectivity index (χ0n) is 16.2. The van der Waals surface area contributed by atoms with Crippen LogP contribution in [0.5, 0.6) is 5.75 Å². The van der Waals surface area contributed by atoms with Crippen LogP contribution in [0.4, 0.5) is 0 Å². The molecule has 27 heavy (non-hydrogen) atoms. The Morgan fingerprint density at radius 1 is 0.481 bits per heavy atom. The Morgan fingerprint density at radius 2 is 0.815 bits per heavy atom. The predicted molar refractivity (Wildman–Crippen MR) is 123 cm³/mol. The van der Waals surface area contributed by atoms with Gasteiger partial charge in [-0.2, -0.15) is 0 Å². The van der Waals surface area contributed by atoms with E-state index in [0.717, 1.165) is 12.8 Å². The van der Waals surface area contributed by atoms with Crippen molar-refractivity contribution >= 4 is 58.0 Å². The van der Waals surface area contributed by atoms with Gasteiger partial charge in [0.25, 0.3) is 0 Å². The van der Waals surface area contributed by atoms with Crippen molar-refractivity contribution in [2.75, 3.05) is 6.61 Å². The van der Waals surface area contributed by atoms with E-state index in [1.165, 1.54) is 70.6 Å². The summed E-state index contributed by atoms with van der Waals surface area (Å²) in [5, 5.41) is 0.930. The number of rotatable bonds is 15.